The van der Waals surface area contributed by atoms with Crippen molar-refractivity contribution >= 4 is 21.4 Å². The lowest BCUT2D eigenvalue weighted by Gasteiger charge is -2.22. The second kappa shape index (κ2) is 5.75. The van der Waals surface area contributed by atoms with Crippen LogP contribution >= 0.6 is 11.3 Å². The Morgan fingerprint density at radius 3 is 2.71 bits per heavy atom. The van der Waals surface area contributed by atoms with Gasteiger partial charge in [-0.1, -0.05) is 0 Å². The molecule has 5 nitrogen and oxygen atoms in total. The van der Waals surface area contributed by atoms with Crippen LogP contribution in [0, 0.1) is 0 Å². The highest BCUT2D eigenvalue weighted by Crippen LogP contribution is 2.37. The normalized spacial score (nSPS) is 19.8. The molecule has 2 aromatic rings. The van der Waals surface area contributed by atoms with Crippen LogP contribution in [0.1, 0.15) is 23.9 Å². The Morgan fingerprint density at radius 1 is 1.33 bits per heavy atom. The third-order valence-corrected chi connectivity index (χ3v) is 6.41. The van der Waals surface area contributed by atoms with Gasteiger partial charge in [-0.15, -0.1) is 11.3 Å². The van der Waals surface area contributed by atoms with E-state index in [4.69, 9.17) is 4.74 Å². The van der Waals surface area contributed by atoms with Crippen molar-refractivity contribution in [1.82, 2.24) is 9.29 Å². The summed E-state index contributed by atoms with van der Waals surface area (Å²) in [5.41, 5.74) is 0. The average Bonchev–Trinajstić information content (AvgIpc) is 3.17. The summed E-state index contributed by atoms with van der Waals surface area (Å²) in [4.78, 5) is 4.57. The smallest absolute Gasteiger partial charge is 0.243 e. The van der Waals surface area contributed by atoms with Crippen molar-refractivity contribution in [2.75, 3.05) is 13.7 Å². The van der Waals surface area contributed by atoms with Gasteiger partial charge in [0.1, 0.15) is 10.8 Å². The molecule has 3 rings (SSSR count). The van der Waals surface area contributed by atoms with E-state index in [-0.39, 0.29) is 6.04 Å². The Morgan fingerprint density at radius 2 is 2.10 bits per heavy atom. The molecule has 21 heavy (non-hydrogen) atoms. The largest absolute Gasteiger partial charge is 0.497 e. The van der Waals surface area contributed by atoms with Gasteiger partial charge < -0.3 is 4.74 Å². The van der Waals surface area contributed by atoms with E-state index in [9.17, 15) is 8.42 Å². The minimum atomic E-state index is -3.49. The molecule has 0 aliphatic carbocycles. The SMILES string of the molecule is COc1ccc(S(=O)(=O)N2CCCC2c2nccs2)cc1. The van der Waals surface area contributed by atoms with E-state index in [0.717, 1.165) is 17.8 Å². The van der Waals surface area contributed by atoms with Gasteiger partial charge in [-0.3, -0.25) is 0 Å². The van der Waals surface area contributed by atoms with Crippen molar-refractivity contribution in [1.29, 1.82) is 0 Å². The Kier molecular flexibility index (Phi) is 3.97. The van der Waals surface area contributed by atoms with Crippen LogP contribution in [0.5, 0.6) is 5.75 Å². The fraction of sp³-hybridized carbons (Fsp3) is 0.357. The van der Waals surface area contributed by atoms with Crippen LogP contribution in [-0.2, 0) is 10.0 Å². The molecule has 1 unspecified atom stereocenters. The molecule has 0 amide bonds. The highest BCUT2D eigenvalue weighted by Gasteiger charge is 2.37. The van der Waals surface area contributed by atoms with Crippen LogP contribution in [0.15, 0.2) is 40.7 Å². The summed E-state index contributed by atoms with van der Waals surface area (Å²) in [6.45, 7) is 0.540. The summed E-state index contributed by atoms with van der Waals surface area (Å²) in [6.07, 6.45) is 3.40. The molecule has 112 valence electrons. The van der Waals surface area contributed by atoms with Crippen LogP contribution in [0.2, 0.25) is 0 Å². The molecule has 1 aliphatic rings. The molecule has 0 saturated carbocycles. The number of hydrogen-bond donors (Lipinski definition) is 0. The zero-order valence-electron chi connectivity index (χ0n) is 11.6. The first-order valence-corrected chi connectivity index (χ1v) is 9.00. The molecule has 1 aromatic carbocycles. The molecule has 1 atom stereocenters. The zero-order valence-corrected chi connectivity index (χ0v) is 13.2. The van der Waals surface area contributed by atoms with Gasteiger partial charge in [0.25, 0.3) is 0 Å². The molecule has 7 heteroatoms. The maximum Gasteiger partial charge on any atom is 0.243 e. The van der Waals surface area contributed by atoms with Crippen molar-refractivity contribution in [3.63, 3.8) is 0 Å². The van der Waals surface area contributed by atoms with Gasteiger partial charge in [-0.25, -0.2) is 13.4 Å². The second-order valence-corrected chi connectivity index (χ2v) is 7.64. The molecular weight excluding hydrogens is 308 g/mol. The van der Waals surface area contributed by atoms with Gasteiger partial charge in [-0.05, 0) is 37.1 Å². The summed E-state index contributed by atoms with van der Waals surface area (Å²) >= 11 is 1.50. The minimum Gasteiger partial charge on any atom is -0.497 e. The number of sulfonamides is 1. The summed E-state index contributed by atoms with van der Waals surface area (Å²) in [6, 6.07) is 6.37. The number of aromatic nitrogens is 1. The minimum absolute atomic E-state index is 0.142. The van der Waals surface area contributed by atoms with Crippen LogP contribution in [0.3, 0.4) is 0 Å². The molecule has 0 radical (unpaired) electrons. The molecule has 1 fully saturated rings. The molecule has 2 heterocycles. The van der Waals surface area contributed by atoms with Crippen LogP contribution in [0.4, 0.5) is 0 Å². The van der Waals surface area contributed by atoms with Crippen LogP contribution in [0.25, 0.3) is 0 Å². The fourth-order valence-corrected chi connectivity index (χ4v) is 5.07. The van der Waals surface area contributed by atoms with E-state index in [0.29, 0.717) is 17.2 Å². The predicted octanol–water partition coefficient (Wildman–Crippen LogP) is 2.68. The van der Waals surface area contributed by atoms with Gasteiger partial charge in [0.05, 0.1) is 18.0 Å². The van der Waals surface area contributed by atoms with E-state index in [1.807, 2.05) is 5.38 Å². The highest BCUT2D eigenvalue weighted by atomic mass is 32.2. The fourth-order valence-electron chi connectivity index (χ4n) is 2.56. The lowest BCUT2D eigenvalue weighted by atomic mass is 10.2. The lowest BCUT2D eigenvalue weighted by molar-refractivity contribution is 0.395. The van der Waals surface area contributed by atoms with Crippen molar-refractivity contribution in [2.45, 2.75) is 23.8 Å². The van der Waals surface area contributed by atoms with Crippen molar-refractivity contribution < 1.29 is 13.2 Å². The number of rotatable bonds is 4. The van der Waals surface area contributed by atoms with Gasteiger partial charge in [0, 0.05) is 18.1 Å². The molecular formula is C14H16N2O3S2. The number of benzene rings is 1. The lowest BCUT2D eigenvalue weighted by Crippen LogP contribution is -2.30. The van der Waals surface area contributed by atoms with Crippen molar-refractivity contribution in [3.05, 3.63) is 40.8 Å². The van der Waals surface area contributed by atoms with Crippen LogP contribution in [-0.4, -0.2) is 31.4 Å². The number of nitrogens with zero attached hydrogens (tertiary/aromatic N) is 2. The summed E-state index contributed by atoms with van der Waals surface area (Å²) in [5.74, 6) is 0.645. The number of hydrogen-bond acceptors (Lipinski definition) is 5. The average molecular weight is 324 g/mol. The molecule has 1 aliphatic heterocycles. The van der Waals surface area contributed by atoms with Crippen LogP contribution < -0.4 is 4.74 Å². The third-order valence-electron chi connectivity index (χ3n) is 3.61. The Labute approximate surface area is 128 Å². The maximum atomic E-state index is 12.8. The molecule has 0 N–H and O–H groups in total. The quantitative estimate of drug-likeness (QED) is 0.867. The molecule has 0 bridgehead atoms. The van der Waals surface area contributed by atoms with E-state index in [1.165, 1.54) is 11.3 Å². The summed E-state index contributed by atoms with van der Waals surface area (Å²) in [7, 11) is -1.94. The maximum absolute atomic E-state index is 12.8. The summed E-state index contributed by atoms with van der Waals surface area (Å²) < 4.78 is 32.2. The monoisotopic (exact) mass is 324 g/mol. The second-order valence-electron chi connectivity index (χ2n) is 4.82. The van der Waals surface area contributed by atoms with Crippen molar-refractivity contribution in [2.24, 2.45) is 0 Å². The van der Waals surface area contributed by atoms with E-state index in [2.05, 4.69) is 4.98 Å². The summed E-state index contributed by atoms with van der Waals surface area (Å²) in [5, 5.41) is 2.75. The van der Waals surface area contributed by atoms with E-state index in [1.54, 1.807) is 41.9 Å². The Balaban J connectivity index is 1.93. The van der Waals surface area contributed by atoms with Gasteiger partial charge in [-0.2, -0.15) is 4.31 Å². The first kappa shape index (κ1) is 14.5. The zero-order chi connectivity index (χ0) is 14.9. The van der Waals surface area contributed by atoms with E-state index < -0.39 is 10.0 Å². The van der Waals surface area contributed by atoms with Gasteiger partial charge >= 0.3 is 0 Å². The standard InChI is InChI=1S/C14H16N2O3S2/c1-19-11-4-6-12(7-5-11)21(17,18)16-9-2-3-13(16)14-15-8-10-20-14/h4-8,10,13H,2-3,9H2,1H3. The topological polar surface area (TPSA) is 59.5 Å². The molecule has 1 saturated heterocycles. The Bertz CT molecular complexity index is 696. The van der Waals surface area contributed by atoms with Gasteiger partial charge in [0.15, 0.2) is 0 Å². The van der Waals surface area contributed by atoms with E-state index >= 15 is 0 Å². The highest BCUT2D eigenvalue weighted by molar-refractivity contribution is 7.89. The number of methoxy groups -OCH3 is 1. The first-order valence-electron chi connectivity index (χ1n) is 6.68. The van der Waals surface area contributed by atoms with Gasteiger partial charge in [0.2, 0.25) is 10.0 Å². The number of thiazole rings is 1. The molecule has 0 spiro atoms. The third kappa shape index (κ3) is 2.68. The number of ether oxygens (including phenoxy) is 1. The van der Waals surface area contributed by atoms with Crippen molar-refractivity contribution in [3.8, 4) is 5.75 Å². The molecule has 1 aromatic heterocycles. The predicted molar refractivity (Wildman–Crippen MR) is 81.0 cm³/mol. The Hall–Kier alpha value is -1.44. The first-order chi connectivity index (χ1) is 10.1.